The van der Waals surface area contributed by atoms with Crippen molar-refractivity contribution in [3.63, 3.8) is 0 Å². The largest absolute Gasteiger partial charge is 0.457 e. The van der Waals surface area contributed by atoms with Crippen molar-refractivity contribution in [2.45, 2.75) is 32.6 Å². The lowest BCUT2D eigenvalue weighted by Crippen LogP contribution is -2.34. The molecule has 0 aliphatic carbocycles. The predicted molar refractivity (Wildman–Crippen MR) is 132 cm³/mol. The van der Waals surface area contributed by atoms with Crippen molar-refractivity contribution in [2.24, 2.45) is 0 Å². The Morgan fingerprint density at radius 3 is 2.59 bits per heavy atom. The van der Waals surface area contributed by atoms with Gasteiger partial charge in [0.25, 0.3) is 5.91 Å². The zero-order chi connectivity index (χ0) is 22.8. The van der Waals surface area contributed by atoms with E-state index in [1.54, 1.807) is 24.4 Å². The van der Waals surface area contributed by atoms with Crippen molar-refractivity contribution in [3.8, 4) is 11.5 Å². The fourth-order valence-corrected chi connectivity index (χ4v) is 3.35. The second-order valence-electron chi connectivity index (χ2n) is 7.20. The number of anilines is 1. The number of aromatic nitrogens is 1. The molecule has 1 aromatic heterocycles. The van der Waals surface area contributed by atoms with Crippen LogP contribution >= 0.6 is 12.2 Å². The number of amides is 1. The minimum atomic E-state index is -0.329. The third kappa shape index (κ3) is 6.99. The van der Waals surface area contributed by atoms with Gasteiger partial charge in [0, 0.05) is 23.7 Å². The highest BCUT2D eigenvalue weighted by atomic mass is 32.1. The lowest BCUT2D eigenvalue weighted by Gasteiger charge is -2.13. The number of nitrogens with one attached hydrogen (secondary N) is 3. The molecule has 0 saturated heterocycles. The number of carbonyl (C=O) groups is 1. The minimum Gasteiger partial charge on any atom is -0.457 e. The highest BCUT2D eigenvalue weighted by molar-refractivity contribution is 7.80. The number of thiocarbonyl (C=S) groups is 1. The quantitative estimate of drug-likeness (QED) is 0.288. The van der Waals surface area contributed by atoms with Gasteiger partial charge in [-0.3, -0.25) is 15.1 Å². The van der Waals surface area contributed by atoms with Crippen molar-refractivity contribution < 1.29 is 9.53 Å². The molecule has 3 aromatic rings. The molecule has 0 aliphatic heterocycles. The zero-order valence-corrected chi connectivity index (χ0v) is 18.7. The first-order valence-electron chi connectivity index (χ1n) is 10.5. The van der Waals surface area contributed by atoms with Crippen LogP contribution in [0.15, 0.2) is 72.9 Å². The Bertz CT molecular complexity index is 1090. The molecule has 0 atom stereocenters. The average molecular weight is 447 g/mol. The summed E-state index contributed by atoms with van der Waals surface area (Å²) in [6.07, 6.45) is 4.48. The number of carbonyl (C=O) groups excluding carboxylic acids is 1. The van der Waals surface area contributed by atoms with Crippen LogP contribution in [0, 0.1) is 5.41 Å². The van der Waals surface area contributed by atoms with E-state index < -0.39 is 0 Å². The van der Waals surface area contributed by atoms with Crippen molar-refractivity contribution >= 4 is 34.6 Å². The summed E-state index contributed by atoms with van der Waals surface area (Å²) in [6, 6.07) is 20.3. The first-order chi connectivity index (χ1) is 15.5. The van der Waals surface area contributed by atoms with Gasteiger partial charge in [0.2, 0.25) is 0 Å². The van der Waals surface area contributed by atoms with E-state index in [4.69, 9.17) is 22.4 Å². The summed E-state index contributed by atoms with van der Waals surface area (Å²) in [5.74, 6) is 1.06. The third-order valence-corrected chi connectivity index (χ3v) is 4.85. The van der Waals surface area contributed by atoms with Crippen LogP contribution in [0.4, 0.5) is 5.69 Å². The fourth-order valence-electron chi connectivity index (χ4n) is 3.13. The molecule has 0 saturated carbocycles. The Morgan fingerprint density at radius 1 is 1.03 bits per heavy atom. The second kappa shape index (κ2) is 11.7. The number of benzene rings is 2. The molecule has 0 fully saturated rings. The highest BCUT2D eigenvalue weighted by Crippen LogP contribution is 2.23. The molecular weight excluding hydrogens is 420 g/mol. The van der Waals surface area contributed by atoms with Crippen molar-refractivity contribution in [3.05, 3.63) is 84.2 Å². The van der Waals surface area contributed by atoms with Gasteiger partial charge in [0.15, 0.2) is 5.11 Å². The number of para-hydroxylation sites is 1. The van der Waals surface area contributed by atoms with Gasteiger partial charge in [-0.05, 0) is 67.9 Å². The van der Waals surface area contributed by atoms with Crippen LogP contribution in [0.2, 0.25) is 0 Å². The van der Waals surface area contributed by atoms with Gasteiger partial charge in [-0.1, -0.05) is 37.6 Å². The summed E-state index contributed by atoms with van der Waals surface area (Å²) >= 11 is 5.33. The van der Waals surface area contributed by atoms with Crippen LogP contribution in [-0.2, 0) is 6.42 Å². The molecule has 164 valence electrons. The first-order valence-corrected chi connectivity index (χ1v) is 10.9. The smallest absolute Gasteiger partial charge is 0.259 e. The molecule has 2 aromatic carbocycles. The predicted octanol–water partition coefficient (Wildman–Crippen LogP) is 5.75. The highest BCUT2D eigenvalue weighted by Gasteiger charge is 2.14. The zero-order valence-electron chi connectivity index (χ0n) is 17.9. The molecule has 6 nitrogen and oxygen atoms in total. The molecule has 0 spiro atoms. The van der Waals surface area contributed by atoms with Crippen LogP contribution in [0.25, 0.3) is 0 Å². The maximum Gasteiger partial charge on any atom is 0.259 e. The molecule has 3 N–H and O–H groups in total. The van der Waals surface area contributed by atoms with E-state index in [1.807, 2.05) is 55.5 Å². The maximum atomic E-state index is 12.8. The lowest BCUT2D eigenvalue weighted by molar-refractivity contribution is 0.0976. The van der Waals surface area contributed by atoms with Crippen LogP contribution < -0.4 is 15.4 Å². The van der Waals surface area contributed by atoms with Gasteiger partial charge in [0.05, 0.1) is 11.3 Å². The monoisotopic (exact) mass is 446 g/mol. The summed E-state index contributed by atoms with van der Waals surface area (Å²) in [5.41, 5.74) is 2.48. The molecule has 0 radical (unpaired) electrons. The Kier molecular flexibility index (Phi) is 8.45. The van der Waals surface area contributed by atoms with Crippen molar-refractivity contribution in [2.75, 3.05) is 5.32 Å². The number of rotatable bonds is 9. The number of hydrogen-bond acceptors (Lipinski definition) is 5. The Hall–Kier alpha value is -3.58. The van der Waals surface area contributed by atoms with Crippen LogP contribution in [0.3, 0.4) is 0 Å². The lowest BCUT2D eigenvalue weighted by atomic mass is 10.0. The van der Waals surface area contributed by atoms with Crippen LogP contribution in [-0.4, -0.2) is 21.7 Å². The number of aryl methyl sites for hydroxylation is 1. The SMILES string of the molecule is CCCC(=N)CCc1ncccc1C(=O)NC(=S)Nc1cccc(Oc2ccccc2)c1. The Morgan fingerprint density at radius 2 is 1.81 bits per heavy atom. The molecule has 0 unspecified atom stereocenters. The number of hydrogen-bond donors (Lipinski definition) is 3. The Balaban J connectivity index is 1.60. The van der Waals surface area contributed by atoms with Crippen molar-refractivity contribution in [1.82, 2.24) is 10.3 Å². The van der Waals surface area contributed by atoms with Gasteiger partial charge in [0.1, 0.15) is 11.5 Å². The molecule has 7 heteroatoms. The summed E-state index contributed by atoms with van der Waals surface area (Å²) in [5, 5.41) is 13.9. The van der Waals surface area contributed by atoms with E-state index in [1.165, 1.54) is 0 Å². The topological polar surface area (TPSA) is 87.1 Å². The van der Waals surface area contributed by atoms with Gasteiger partial charge in [-0.2, -0.15) is 0 Å². The maximum absolute atomic E-state index is 12.8. The summed E-state index contributed by atoms with van der Waals surface area (Å²) in [4.78, 5) is 17.1. The second-order valence-corrected chi connectivity index (χ2v) is 7.61. The van der Waals surface area contributed by atoms with Crippen LogP contribution in [0.1, 0.15) is 42.2 Å². The van der Waals surface area contributed by atoms with E-state index in [0.717, 1.165) is 18.6 Å². The van der Waals surface area contributed by atoms with Crippen molar-refractivity contribution in [1.29, 1.82) is 5.41 Å². The molecule has 0 bridgehead atoms. The molecule has 1 heterocycles. The van der Waals surface area contributed by atoms with Crippen LogP contribution in [0.5, 0.6) is 11.5 Å². The normalized spacial score (nSPS) is 10.3. The van der Waals surface area contributed by atoms with E-state index >= 15 is 0 Å². The van der Waals surface area contributed by atoms with E-state index in [2.05, 4.69) is 15.6 Å². The number of nitrogens with zero attached hydrogens (tertiary/aromatic N) is 1. The molecule has 0 aliphatic rings. The minimum absolute atomic E-state index is 0.181. The Labute approximate surface area is 193 Å². The molecule has 1 amide bonds. The fraction of sp³-hybridized carbons (Fsp3) is 0.200. The first kappa shape index (κ1) is 23.1. The summed E-state index contributed by atoms with van der Waals surface area (Å²) < 4.78 is 5.83. The van der Waals surface area contributed by atoms with E-state index in [9.17, 15) is 4.79 Å². The van der Waals surface area contributed by atoms with E-state index in [0.29, 0.717) is 41.2 Å². The number of pyridine rings is 1. The van der Waals surface area contributed by atoms with Gasteiger partial charge in [-0.15, -0.1) is 0 Å². The summed E-state index contributed by atoms with van der Waals surface area (Å²) in [7, 11) is 0. The number of ether oxygens (including phenoxy) is 1. The standard InChI is InChI=1S/C25H26N4O2S/c1-2-8-18(26)14-15-23-22(13-7-16-27-23)24(30)29-25(32)28-19-9-6-12-21(17-19)31-20-10-4-3-5-11-20/h3-7,9-13,16-17,26H,2,8,14-15H2,1H3,(H2,28,29,30,32). The van der Waals surface area contributed by atoms with Gasteiger partial charge in [-0.25, -0.2) is 0 Å². The molecule has 3 rings (SSSR count). The average Bonchev–Trinajstić information content (AvgIpc) is 2.79. The van der Waals surface area contributed by atoms with Gasteiger partial charge < -0.3 is 15.5 Å². The summed E-state index contributed by atoms with van der Waals surface area (Å²) in [6.45, 7) is 2.05. The van der Waals surface area contributed by atoms with E-state index in [-0.39, 0.29) is 11.0 Å². The molecular formula is C25H26N4O2S. The molecule has 32 heavy (non-hydrogen) atoms. The van der Waals surface area contributed by atoms with Gasteiger partial charge >= 0.3 is 0 Å². The third-order valence-electron chi connectivity index (χ3n) is 4.65.